The smallest absolute Gasteiger partial charge is 0.274 e. The Morgan fingerprint density at radius 3 is 2.71 bits per heavy atom. The van der Waals surface area contributed by atoms with Crippen LogP contribution in [0.5, 0.6) is 0 Å². The number of hydrogen-bond acceptors (Lipinski definition) is 4. The fourth-order valence-corrected chi connectivity index (χ4v) is 4.85. The van der Waals surface area contributed by atoms with Crippen molar-refractivity contribution >= 4 is 28.3 Å². The zero-order chi connectivity index (χ0) is 23.2. The van der Waals surface area contributed by atoms with E-state index in [-0.39, 0.29) is 11.5 Å². The van der Waals surface area contributed by atoms with Crippen LogP contribution < -0.4 is 10.5 Å². The molecular weight excluding hydrogens is 426 g/mol. The topological polar surface area (TPSA) is 72.5 Å². The van der Waals surface area contributed by atoms with E-state index in [1.165, 1.54) is 4.40 Å². The summed E-state index contributed by atoms with van der Waals surface area (Å²) in [5.74, 6) is -0.102. The van der Waals surface area contributed by atoms with Gasteiger partial charge in [-0.25, -0.2) is 4.98 Å². The highest BCUT2D eigenvalue weighted by molar-refractivity contribution is 6.08. The van der Waals surface area contributed by atoms with Crippen LogP contribution in [-0.2, 0) is 13.0 Å². The molecule has 1 aromatic carbocycles. The summed E-state index contributed by atoms with van der Waals surface area (Å²) in [4.78, 5) is 37.6. The van der Waals surface area contributed by atoms with Gasteiger partial charge in [-0.15, -0.1) is 0 Å². The summed E-state index contributed by atoms with van der Waals surface area (Å²) in [6, 6.07) is 17.4. The third-order valence-electron chi connectivity index (χ3n) is 6.48. The molecule has 0 saturated heterocycles. The van der Waals surface area contributed by atoms with Crippen LogP contribution in [0.15, 0.2) is 78.0 Å². The monoisotopic (exact) mass is 449 g/mol. The maximum absolute atomic E-state index is 13.8. The summed E-state index contributed by atoms with van der Waals surface area (Å²) in [5.41, 5.74) is 5.76. The number of carbonyl (C=O) groups excluding carboxylic acids is 1. The van der Waals surface area contributed by atoms with Crippen molar-refractivity contribution in [3.63, 3.8) is 0 Å². The first-order valence-electron chi connectivity index (χ1n) is 11.5. The van der Waals surface area contributed by atoms with Gasteiger partial charge in [-0.05, 0) is 72.0 Å². The van der Waals surface area contributed by atoms with Crippen LogP contribution in [0.2, 0.25) is 0 Å². The van der Waals surface area contributed by atoms with Crippen molar-refractivity contribution in [3.05, 3.63) is 94.8 Å². The molecule has 0 aliphatic carbocycles. The van der Waals surface area contributed by atoms with E-state index in [9.17, 15) is 9.59 Å². The molecule has 0 saturated carbocycles. The first kappa shape index (κ1) is 20.4. The van der Waals surface area contributed by atoms with Crippen LogP contribution in [0, 0.1) is 0 Å². The average Bonchev–Trinajstić information content (AvgIpc) is 3.46. The van der Waals surface area contributed by atoms with Crippen LogP contribution >= 0.6 is 0 Å². The maximum Gasteiger partial charge on any atom is 0.274 e. The van der Waals surface area contributed by atoms with Gasteiger partial charge in [-0.3, -0.25) is 19.0 Å². The van der Waals surface area contributed by atoms with Gasteiger partial charge in [0.05, 0.1) is 5.39 Å². The highest BCUT2D eigenvalue weighted by atomic mass is 16.2. The highest BCUT2D eigenvalue weighted by Gasteiger charge is 2.29. The van der Waals surface area contributed by atoms with E-state index in [0.717, 1.165) is 35.2 Å². The maximum atomic E-state index is 13.8. The number of nitrogens with zero attached hydrogens (tertiary/aromatic N) is 5. The van der Waals surface area contributed by atoms with Crippen molar-refractivity contribution in [1.82, 2.24) is 18.9 Å². The Bertz CT molecular complexity index is 1620. The summed E-state index contributed by atoms with van der Waals surface area (Å²) in [7, 11) is 0. The fraction of sp³-hybridized carbons (Fsp3) is 0.185. The van der Waals surface area contributed by atoms with Crippen molar-refractivity contribution in [3.8, 4) is 11.1 Å². The van der Waals surface area contributed by atoms with Crippen molar-refractivity contribution in [1.29, 1.82) is 0 Å². The lowest BCUT2D eigenvalue weighted by molar-refractivity contribution is 0.0980. The Labute approximate surface area is 195 Å². The Balaban J connectivity index is 1.44. The number of carbonyl (C=O) groups is 1. The molecule has 0 radical (unpaired) electrons. The van der Waals surface area contributed by atoms with Crippen LogP contribution in [0.25, 0.3) is 27.8 Å². The van der Waals surface area contributed by atoms with E-state index >= 15 is 0 Å². The van der Waals surface area contributed by atoms with Gasteiger partial charge in [-0.2, -0.15) is 0 Å². The van der Waals surface area contributed by atoms with Gasteiger partial charge in [0.15, 0.2) is 0 Å². The molecule has 1 amide bonds. The van der Waals surface area contributed by atoms with Gasteiger partial charge >= 0.3 is 0 Å². The normalized spacial score (nSPS) is 13.0. The number of pyridine rings is 2. The summed E-state index contributed by atoms with van der Waals surface area (Å²) >= 11 is 0. The summed E-state index contributed by atoms with van der Waals surface area (Å²) in [6.07, 6.45) is 6.89. The van der Waals surface area contributed by atoms with Gasteiger partial charge in [0.1, 0.15) is 17.0 Å². The number of fused-ring (bicyclic) bond motifs is 3. The molecule has 4 aromatic heterocycles. The number of anilines is 1. The molecule has 6 rings (SSSR count). The second-order valence-electron chi connectivity index (χ2n) is 8.55. The first-order valence-corrected chi connectivity index (χ1v) is 11.5. The Morgan fingerprint density at radius 2 is 1.88 bits per heavy atom. The van der Waals surface area contributed by atoms with Gasteiger partial charge < -0.3 is 9.47 Å². The minimum atomic E-state index is -0.159. The Morgan fingerprint density at radius 1 is 1.03 bits per heavy atom. The molecule has 0 unspecified atom stereocenters. The second-order valence-corrected chi connectivity index (χ2v) is 8.55. The molecule has 34 heavy (non-hydrogen) atoms. The van der Waals surface area contributed by atoms with Gasteiger partial charge in [-0.1, -0.05) is 19.1 Å². The van der Waals surface area contributed by atoms with Crippen LogP contribution in [0.3, 0.4) is 0 Å². The molecule has 1 aliphatic rings. The lowest BCUT2D eigenvalue weighted by atomic mass is 10.0. The third-order valence-corrected chi connectivity index (χ3v) is 6.48. The number of benzene rings is 1. The standard InChI is InChI=1S/C27H23N5O2/c1-2-13-30-23(17-21-25(30)29-24-5-3-4-14-32(24)26(21)33)27(34)31-15-10-20-16-19(6-7-22(20)31)18-8-11-28-12-9-18/h3-9,11-12,14,16-17H,2,10,13,15H2,1H3. The zero-order valence-electron chi connectivity index (χ0n) is 18.8. The van der Waals surface area contributed by atoms with E-state index in [1.54, 1.807) is 30.7 Å². The first-order chi connectivity index (χ1) is 16.7. The predicted octanol–water partition coefficient (Wildman–Crippen LogP) is 4.32. The third kappa shape index (κ3) is 3.12. The number of hydrogen-bond donors (Lipinski definition) is 0. The van der Waals surface area contributed by atoms with Gasteiger partial charge in [0.25, 0.3) is 11.5 Å². The van der Waals surface area contributed by atoms with E-state index in [0.29, 0.717) is 35.5 Å². The molecule has 7 heteroatoms. The second kappa shape index (κ2) is 7.95. The largest absolute Gasteiger partial charge is 0.321 e. The SMILES string of the molecule is CCCn1c(C(=O)N2CCc3cc(-c4ccncc4)ccc32)cc2c(=O)n3ccccc3nc21. The van der Waals surface area contributed by atoms with E-state index in [1.807, 2.05) is 45.9 Å². The lowest BCUT2D eigenvalue weighted by Crippen LogP contribution is -2.30. The quantitative estimate of drug-likeness (QED) is 0.410. The highest BCUT2D eigenvalue weighted by Crippen LogP contribution is 2.33. The van der Waals surface area contributed by atoms with Crippen LogP contribution in [0.1, 0.15) is 29.4 Å². The van der Waals surface area contributed by atoms with Crippen molar-refractivity contribution in [2.75, 3.05) is 11.4 Å². The molecule has 5 aromatic rings. The molecule has 168 valence electrons. The molecule has 0 bridgehead atoms. The molecule has 0 N–H and O–H groups in total. The van der Waals surface area contributed by atoms with Crippen molar-refractivity contribution in [2.24, 2.45) is 0 Å². The number of aromatic nitrogens is 4. The molecule has 1 aliphatic heterocycles. The van der Waals surface area contributed by atoms with E-state index in [4.69, 9.17) is 4.98 Å². The molecule has 0 spiro atoms. The number of aryl methyl sites for hydroxylation is 1. The van der Waals surface area contributed by atoms with Crippen molar-refractivity contribution < 1.29 is 4.79 Å². The number of amides is 1. The summed E-state index contributed by atoms with van der Waals surface area (Å²) < 4.78 is 3.42. The predicted molar refractivity (Wildman–Crippen MR) is 132 cm³/mol. The lowest BCUT2D eigenvalue weighted by Gasteiger charge is -2.19. The van der Waals surface area contributed by atoms with Gasteiger partial charge in [0.2, 0.25) is 0 Å². The van der Waals surface area contributed by atoms with Crippen LogP contribution in [0.4, 0.5) is 5.69 Å². The molecule has 0 atom stereocenters. The Kier molecular flexibility index (Phi) is 4.76. The summed E-state index contributed by atoms with van der Waals surface area (Å²) in [6.45, 7) is 3.28. The zero-order valence-corrected chi connectivity index (χ0v) is 18.8. The fourth-order valence-electron chi connectivity index (χ4n) is 4.85. The molecule has 5 heterocycles. The minimum Gasteiger partial charge on any atom is -0.321 e. The van der Waals surface area contributed by atoms with Gasteiger partial charge in [0, 0.05) is 37.4 Å². The molecule has 0 fully saturated rings. The molecular formula is C27H23N5O2. The summed E-state index contributed by atoms with van der Waals surface area (Å²) in [5, 5.41) is 0.466. The number of rotatable bonds is 4. The molecule has 7 nitrogen and oxygen atoms in total. The average molecular weight is 450 g/mol. The van der Waals surface area contributed by atoms with Crippen LogP contribution in [-0.4, -0.2) is 31.4 Å². The van der Waals surface area contributed by atoms with E-state index < -0.39 is 0 Å². The van der Waals surface area contributed by atoms with E-state index in [2.05, 4.69) is 18.0 Å². The Hall–Kier alpha value is -4.26. The minimum absolute atomic E-state index is 0.102. The van der Waals surface area contributed by atoms with Crippen molar-refractivity contribution in [2.45, 2.75) is 26.3 Å².